The molecular formula is C10H11NO4. The Morgan fingerprint density at radius 2 is 2.33 bits per heavy atom. The van der Waals surface area contributed by atoms with Gasteiger partial charge in [0, 0.05) is 12.0 Å². The first-order valence-corrected chi connectivity index (χ1v) is 4.63. The van der Waals surface area contributed by atoms with Gasteiger partial charge < -0.3 is 9.47 Å². The van der Waals surface area contributed by atoms with Crippen molar-refractivity contribution in [2.45, 2.75) is 19.4 Å². The number of methoxy groups -OCH3 is 1. The lowest BCUT2D eigenvalue weighted by molar-refractivity contribution is -0.385. The van der Waals surface area contributed by atoms with E-state index in [1.807, 2.05) is 6.92 Å². The van der Waals surface area contributed by atoms with Crippen LogP contribution in [-0.4, -0.2) is 18.1 Å². The van der Waals surface area contributed by atoms with E-state index < -0.39 is 4.92 Å². The summed E-state index contributed by atoms with van der Waals surface area (Å²) < 4.78 is 10.4. The normalized spacial score (nSPS) is 18.1. The molecule has 1 aliphatic heterocycles. The minimum Gasteiger partial charge on any atom is -0.490 e. The van der Waals surface area contributed by atoms with Crippen molar-refractivity contribution in [1.29, 1.82) is 0 Å². The fourth-order valence-corrected chi connectivity index (χ4v) is 1.73. The summed E-state index contributed by atoms with van der Waals surface area (Å²) >= 11 is 0. The highest BCUT2D eigenvalue weighted by atomic mass is 16.6. The zero-order valence-corrected chi connectivity index (χ0v) is 8.52. The average Bonchev–Trinajstić information content (AvgIpc) is 2.54. The molecule has 0 radical (unpaired) electrons. The molecule has 1 aromatic rings. The van der Waals surface area contributed by atoms with Gasteiger partial charge in [0.05, 0.1) is 18.1 Å². The van der Waals surface area contributed by atoms with Gasteiger partial charge in [-0.25, -0.2) is 0 Å². The van der Waals surface area contributed by atoms with Gasteiger partial charge in [0.1, 0.15) is 11.9 Å². The second-order valence-corrected chi connectivity index (χ2v) is 3.52. The van der Waals surface area contributed by atoms with Gasteiger partial charge in [0.25, 0.3) is 0 Å². The summed E-state index contributed by atoms with van der Waals surface area (Å²) in [6, 6.07) is 3.11. The number of hydrogen-bond acceptors (Lipinski definition) is 4. The minimum atomic E-state index is -0.467. The van der Waals surface area contributed by atoms with Gasteiger partial charge in [-0.1, -0.05) is 0 Å². The number of hydrogen-bond donors (Lipinski definition) is 0. The standard InChI is InChI=1S/C10H11NO4/c1-6-3-7-4-10(14-2)8(11(12)13)5-9(7)15-6/h4-6H,3H2,1-2H3/t6-/m0/s1. The highest BCUT2D eigenvalue weighted by Crippen LogP contribution is 2.38. The third-order valence-electron chi connectivity index (χ3n) is 2.39. The van der Waals surface area contributed by atoms with Gasteiger partial charge in [-0.2, -0.15) is 0 Å². The lowest BCUT2D eigenvalue weighted by Crippen LogP contribution is -2.05. The van der Waals surface area contributed by atoms with Crippen molar-refractivity contribution in [3.05, 3.63) is 27.8 Å². The minimum absolute atomic E-state index is 0.0506. The highest BCUT2D eigenvalue weighted by Gasteiger charge is 2.25. The van der Waals surface area contributed by atoms with Gasteiger partial charge in [-0.05, 0) is 13.0 Å². The van der Waals surface area contributed by atoms with Crippen molar-refractivity contribution < 1.29 is 14.4 Å². The average molecular weight is 209 g/mol. The molecule has 1 aliphatic rings. The molecule has 0 N–H and O–H groups in total. The number of nitro benzene ring substituents is 1. The van der Waals surface area contributed by atoms with Crippen molar-refractivity contribution in [1.82, 2.24) is 0 Å². The zero-order valence-electron chi connectivity index (χ0n) is 8.52. The van der Waals surface area contributed by atoms with Crippen molar-refractivity contribution in [2.24, 2.45) is 0 Å². The third-order valence-corrected chi connectivity index (χ3v) is 2.39. The van der Waals surface area contributed by atoms with E-state index in [9.17, 15) is 10.1 Å². The van der Waals surface area contributed by atoms with E-state index in [0.29, 0.717) is 5.75 Å². The largest absolute Gasteiger partial charge is 0.490 e. The van der Waals surface area contributed by atoms with Crippen LogP contribution >= 0.6 is 0 Å². The second-order valence-electron chi connectivity index (χ2n) is 3.52. The molecule has 0 aromatic heterocycles. The molecule has 1 atom stereocenters. The van der Waals surface area contributed by atoms with Crippen molar-refractivity contribution >= 4 is 5.69 Å². The third kappa shape index (κ3) is 1.60. The van der Waals surface area contributed by atoms with E-state index in [0.717, 1.165) is 12.0 Å². The predicted octanol–water partition coefficient (Wildman–Crippen LogP) is 1.93. The van der Waals surface area contributed by atoms with Crippen molar-refractivity contribution in [3.8, 4) is 11.5 Å². The van der Waals surface area contributed by atoms with Crippen LogP contribution in [0.15, 0.2) is 12.1 Å². The van der Waals surface area contributed by atoms with E-state index in [1.165, 1.54) is 13.2 Å². The Morgan fingerprint density at radius 1 is 1.60 bits per heavy atom. The monoisotopic (exact) mass is 209 g/mol. The molecule has 0 saturated carbocycles. The SMILES string of the molecule is COc1cc2c(cc1[N+](=O)[O-])O[C@@H](C)C2. The van der Waals surface area contributed by atoms with E-state index >= 15 is 0 Å². The number of nitrogens with zero attached hydrogens (tertiary/aromatic N) is 1. The number of ether oxygens (including phenoxy) is 2. The Bertz CT molecular complexity index is 416. The Kier molecular flexibility index (Phi) is 2.22. The van der Waals surface area contributed by atoms with E-state index in [1.54, 1.807) is 6.07 Å². The number of fused-ring (bicyclic) bond motifs is 1. The van der Waals surface area contributed by atoms with E-state index in [-0.39, 0.29) is 17.5 Å². The second kappa shape index (κ2) is 3.42. The first-order chi connectivity index (χ1) is 7.11. The lowest BCUT2D eigenvalue weighted by Gasteiger charge is -2.04. The Hall–Kier alpha value is -1.78. The fraction of sp³-hybridized carbons (Fsp3) is 0.400. The van der Waals surface area contributed by atoms with Crippen LogP contribution in [0.1, 0.15) is 12.5 Å². The summed E-state index contributed by atoms with van der Waals surface area (Å²) in [6.07, 6.45) is 0.843. The Labute approximate surface area is 86.8 Å². The molecule has 0 spiro atoms. The first kappa shape index (κ1) is 9.76. The number of rotatable bonds is 2. The fourth-order valence-electron chi connectivity index (χ4n) is 1.73. The lowest BCUT2D eigenvalue weighted by atomic mass is 10.1. The summed E-state index contributed by atoms with van der Waals surface area (Å²) in [5.74, 6) is 0.881. The number of nitro groups is 1. The maximum absolute atomic E-state index is 10.7. The summed E-state index contributed by atoms with van der Waals surface area (Å²) in [6.45, 7) is 1.93. The molecule has 1 aromatic carbocycles. The van der Waals surface area contributed by atoms with E-state index in [2.05, 4.69) is 0 Å². The highest BCUT2D eigenvalue weighted by molar-refractivity contribution is 5.56. The molecule has 5 heteroatoms. The molecular weight excluding hydrogens is 198 g/mol. The summed E-state index contributed by atoms with van der Waals surface area (Å²) in [4.78, 5) is 10.3. The van der Waals surface area contributed by atoms with Crippen LogP contribution in [0, 0.1) is 10.1 Å². The van der Waals surface area contributed by atoms with Gasteiger partial charge in [-0.3, -0.25) is 10.1 Å². The van der Waals surface area contributed by atoms with Gasteiger partial charge >= 0.3 is 5.69 Å². The maximum atomic E-state index is 10.7. The molecule has 1 heterocycles. The van der Waals surface area contributed by atoms with Gasteiger partial charge in [0.15, 0.2) is 5.75 Å². The Morgan fingerprint density at radius 3 is 2.93 bits per heavy atom. The molecule has 0 unspecified atom stereocenters. The molecule has 0 saturated heterocycles. The first-order valence-electron chi connectivity index (χ1n) is 4.63. The smallest absolute Gasteiger partial charge is 0.314 e. The summed E-state index contributed by atoms with van der Waals surface area (Å²) in [5.41, 5.74) is 0.912. The van der Waals surface area contributed by atoms with Crippen LogP contribution < -0.4 is 9.47 Å². The molecule has 0 amide bonds. The van der Waals surface area contributed by atoms with Crippen LogP contribution in [0.3, 0.4) is 0 Å². The quantitative estimate of drug-likeness (QED) is 0.551. The van der Waals surface area contributed by atoms with E-state index in [4.69, 9.17) is 9.47 Å². The molecule has 2 rings (SSSR count). The molecule has 5 nitrogen and oxygen atoms in total. The van der Waals surface area contributed by atoms with Crippen LogP contribution in [0.25, 0.3) is 0 Å². The predicted molar refractivity (Wildman–Crippen MR) is 53.4 cm³/mol. The topological polar surface area (TPSA) is 61.6 Å². The van der Waals surface area contributed by atoms with Gasteiger partial charge in [-0.15, -0.1) is 0 Å². The summed E-state index contributed by atoms with van der Waals surface area (Å²) in [5, 5.41) is 10.7. The van der Waals surface area contributed by atoms with Crippen molar-refractivity contribution in [2.75, 3.05) is 7.11 Å². The number of benzene rings is 1. The van der Waals surface area contributed by atoms with Crippen LogP contribution in [0.4, 0.5) is 5.69 Å². The molecule has 15 heavy (non-hydrogen) atoms. The molecule has 80 valence electrons. The van der Waals surface area contributed by atoms with Crippen LogP contribution in [-0.2, 0) is 6.42 Å². The summed E-state index contributed by atoms with van der Waals surface area (Å²) in [7, 11) is 1.42. The molecule has 0 fully saturated rings. The maximum Gasteiger partial charge on any atom is 0.314 e. The molecule has 0 aliphatic carbocycles. The molecule has 0 bridgehead atoms. The van der Waals surface area contributed by atoms with Crippen LogP contribution in [0.5, 0.6) is 11.5 Å². The Balaban J connectivity index is 2.50. The van der Waals surface area contributed by atoms with Crippen molar-refractivity contribution in [3.63, 3.8) is 0 Å². The van der Waals surface area contributed by atoms with Gasteiger partial charge in [0.2, 0.25) is 0 Å². The zero-order chi connectivity index (χ0) is 11.0. The van der Waals surface area contributed by atoms with Crippen LogP contribution in [0.2, 0.25) is 0 Å².